The molecule has 0 bridgehead atoms. The maximum Gasteiger partial charge on any atom is 0.126 e. The SMILES string of the molecule is Cc1ccccc1C(CC(=NO)c1cc(F)cc(F)c1)c1ccc(-c2cncnc2)cc1. The molecular formula is C26H21F2N3O. The summed E-state index contributed by atoms with van der Waals surface area (Å²) in [6, 6.07) is 19.0. The molecule has 3 aromatic carbocycles. The predicted molar refractivity (Wildman–Crippen MR) is 120 cm³/mol. The highest BCUT2D eigenvalue weighted by Crippen LogP contribution is 2.33. The molecule has 1 atom stereocenters. The Labute approximate surface area is 184 Å². The summed E-state index contributed by atoms with van der Waals surface area (Å²) >= 11 is 0. The number of hydrogen-bond donors (Lipinski definition) is 1. The van der Waals surface area contributed by atoms with E-state index in [1.54, 1.807) is 12.4 Å². The summed E-state index contributed by atoms with van der Waals surface area (Å²) in [4.78, 5) is 8.12. The molecule has 0 saturated heterocycles. The van der Waals surface area contributed by atoms with E-state index in [4.69, 9.17) is 0 Å². The summed E-state index contributed by atoms with van der Waals surface area (Å²) in [6.07, 6.45) is 5.24. The van der Waals surface area contributed by atoms with Crippen LogP contribution >= 0.6 is 0 Å². The van der Waals surface area contributed by atoms with Crippen LogP contribution in [-0.2, 0) is 0 Å². The Morgan fingerprint density at radius 2 is 1.56 bits per heavy atom. The number of hydrogen-bond acceptors (Lipinski definition) is 4. The van der Waals surface area contributed by atoms with Crippen LogP contribution in [0, 0.1) is 18.6 Å². The lowest BCUT2D eigenvalue weighted by Gasteiger charge is -2.21. The molecule has 0 radical (unpaired) electrons. The quantitative estimate of drug-likeness (QED) is 0.228. The minimum absolute atomic E-state index is 0.186. The summed E-state index contributed by atoms with van der Waals surface area (Å²) < 4.78 is 27.6. The van der Waals surface area contributed by atoms with Crippen LogP contribution < -0.4 is 0 Å². The molecule has 0 spiro atoms. The van der Waals surface area contributed by atoms with Crippen LogP contribution in [-0.4, -0.2) is 20.9 Å². The van der Waals surface area contributed by atoms with Crippen molar-refractivity contribution in [3.05, 3.63) is 119 Å². The predicted octanol–water partition coefficient (Wildman–Crippen LogP) is 6.13. The van der Waals surface area contributed by atoms with Crippen molar-refractivity contribution in [2.45, 2.75) is 19.3 Å². The first-order valence-corrected chi connectivity index (χ1v) is 10.1. The van der Waals surface area contributed by atoms with Crippen molar-refractivity contribution in [2.75, 3.05) is 0 Å². The lowest BCUT2D eigenvalue weighted by molar-refractivity contribution is 0.317. The molecule has 32 heavy (non-hydrogen) atoms. The number of rotatable bonds is 6. The van der Waals surface area contributed by atoms with Gasteiger partial charge in [0.2, 0.25) is 0 Å². The number of aromatic nitrogens is 2. The van der Waals surface area contributed by atoms with E-state index >= 15 is 0 Å². The second-order valence-electron chi connectivity index (χ2n) is 7.57. The van der Waals surface area contributed by atoms with Crippen LogP contribution in [0.3, 0.4) is 0 Å². The fourth-order valence-corrected chi connectivity index (χ4v) is 3.87. The average molecular weight is 429 g/mol. The third-order valence-electron chi connectivity index (χ3n) is 5.48. The topological polar surface area (TPSA) is 58.4 Å². The van der Waals surface area contributed by atoms with Gasteiger partial charge in [-0.05, 0) is 41.3 Å². The highest BCUT2D eigenvalue weighted by atomic mass is 19.1. The number of aryl methyl sites for hydroxylation is 1. The maximum absolute atomic E-state index is 13.8. The van der Waals surface area contributed by atoms with Crippen molar-refractivity contribution in [3.8, 4) is 11.1 Å². The lowest BCUT2D eigenvalue weighted by atomic mass is 9.83. The molecule has 1 heterocycles. The minimum Gasteiger partial charge on any atom is -0.411 e. The van der Waals surface area contributed by atoms with Gasteiger partial charge >= 0.3 is 0 Å². The van der Waals surface area contributed by atoms with Gasteiger partial charge in [0.05, 0.1) is 5.71 Å². The van der Waals surface area contributed by atoms with E-state index in [0.717, 1.165) is 33.9 Å². The molecule has 0 saturated carbocycles. The molecule has 0 aliphatic carbocycles. The zero-order chi connectivity index (χ0) is 22.5. The fraction of sp³-hybridized carbons (Fsp3) is 0.115. The van der Waals surface area contributed by atoms with Gasteiger partial charge in [-0.25, -0.2) is 18.7 Å². The summed E-state index contributed by atoms with van der Waals surface area (Å²) in [5.41, 5.74) is 5.39. The maximum atomic E-state index is 13.8. The molecule has 4 nitrogen and oxygen atoms in total. The van der Waals surface area contributed by atoms with Gasteiger partial charge in [-0.3, -0.25) is 0 Å². The van der Waals surface area contributed by atoms with Crippen LogP contribution in [0.2, 0.25) is 0 Å². The Morgan fingerprint density at radius 1 is 0.906 bits per heavy atom. The van der Waals surface area contributed by atoms with E-state index in [9.17, 15) is 14.0 Å². The normalized spacial score (nSPS) is 12.5. The van der Waals surface area contributed by atoms with Crippen LogP contribution in [0.5, 0.6) is 0 Å². The summed E-state index contributed by atoms with van der Waals surface area (Å²) in [7, 11) is 0. The number of nitrogens with zero attached hydrogens (tertiary/aromatic N) is 3. The molecule has 0 fully saturated rings. The number of benzene rings is 3. The lowest BCUT2D eigenvalue weighted by Crippen LogP contribution is -2.12. The first kappa shape index (κ1) is 21.3. The molecule has 4 rings (SSSR count). The van der Waals surface area contributed by atoms with E-state index in [1.165, 1.54) is 18.5 Å². The average Bonchev–Trinajstić information content (AvgIpc) is 2.81. The molecule has 6 heteroatoms. The van der Waals surface area contributed by atoms with E-state index in [-0.39, 0.29) is 23.6 Å². The Morgan fingerprint density at radius 3 is 2.19 bits per heavy atom. The van der Waals surface area contributed by atoms with Gasteiger partial charge in [0, 0.05) is 41.9 Å². The van der Waals surface area contributed by atoms with Crippen molar-refractivity contribution in [2.24, 2.45) is 5.16 Å². The van der Waals surface area contributed by atoms with Gasteiger partial charge in [0.15, 0.2) is 0 Å². The third kappa shape index (κ3) is 4.70. The van der Waals surface area contributed by atoms with Crippen LogP contribution in [0.15, 0.2) is 90.6 Å². The van der Waals surface area contributed by atoms with Crippen molar-refractivity contribution >= 4 is 5.71 Å². The van der Waals surface area contributed by atoms with Crippen molar-refractivity contribution in [3.63, 3.8) is 0 Å². The Hall–Kier alpha value is -3.93. The van der Waals surface area contributed by atoms with E-state index in [0.29, 0.717) is 0 Å². The highest BCUT2D eigenvalue weighted by molar-refractivity contribution is 6.01. The van der Waals surface area contributed by atoms with E-state index in [1.807, 2.05) is 55.5 Å². The largest absolute Gasteiger partial charge is 0.411 e. The smallest absolute Gasteiger partial charge is 0.126 e. The molecule has 1 unspecified atom stereocenters. The van der Waals surface area contributed by atoms with E-state index < -0.39 is 11.6 Å². The van der Waals surface area contributed by atoms with Crippen molar-refractivity contribution in [1.29, 1.82) is 0 Å². The first-order valence-electron chi connectivity index (χ1n) is 10.1. The second-order valence-corrected chi connectivity index (χ2v) is 7.57. The van der Waals surface area contributed by atoms with Crippen molar-refractivity contribution in [1.82, 2.24) is 9.97 Å². The molecule has 160 valence electrons. The molecule has 4 aromatic rings. The van der Waals surface area contributed by atoms with Gasteiger partial charge in [-0.2, -0.15) is 0 Å². The molecule has 0 aliphatic heterocycles. The molecule has 0 amide bonds. The Balaban J connectivity index is 1.73. The third-order valence-corrected chi connectivity index (χ3v) is 5.48. The first-order chi connectivity index (χ1) is 15.5. The number of halogens is 2. The minimum atomic E-state index is -0.719. The van der Waals surface area contributed by atoms with Gasteiger partial charge in [-0.15, -0.1) is 0 Å². The van der Waals surface area contributed by atoms with Gasteiger partial charge in [0.1, 0.15) is 18.0 Å². The fourth-order valence-electron chi connectivity index (χ4n) is 3.87. The van der Waals surface area contributed by atoms with Gasteiger partial charge in [0.25, 0.3) is 0 Å². The number of oxime groups is 1. The Kier molecular flexibility index (Phi) is 6.31. The molecule has 1 aromatic heterocycles. The van der Waals surface area contributed by atoms with Gasteiger partial charge < -0.3 is 5.21 Å². The summed E-state index contributed by atoms with van der Waals surface area (Å²) in [6.45, 7) is 2.01. The zero-order valence-electron chi connectivity index (χ0n) is 17.4. The van der Waals surface area contributed by atoms with Crippen LogP contribution in [0.25, 0.3) is 11.1 Å². The highest BCUT2D eigenvalue weighted by Gasteiger charge is 2.21. The van der Waals surface area contributed by atoms with Crippen molar-refractivity contribution < 1.29 is 14.0 Å². The zero-order valence-corrected chi connectivity index (χ0v) is 17.4. The van der Waals surface area contributed by atoms with Gasteiger partial charge in [-0.1, -0.05) is 53.7 Å². The van der Waals surface area contributed by atoms with Crippen LogP contribution in [0.1, 0.15) is 34.6 Å². The van der Waals surface area contributed by atoms with E-state index in [2.05, 4.69) is 15.1 Å². The molecular weight excluding hydrogens is 408 g/mol. The Bertz CT molecular complexity index is 1220. The summed E-state index contributed by atoms with van der Waals surface area (Å²) in [5, 5.41) is 13.1. The molecule has 1 N–H and O–H groups in total. The standard InChI is InChI=1S/C26H21F2N3O/c1-17-4-2-3-5-24(17)25(13-26(31-32)20-10-22(27)12-23(28)11-20)19-8-6-18(7-9-19)21-14-29-16-30-15-21/h2-12,14-16,25,32H,13H2,1H3. The second kappa shape index (κ2) is 9.47. The van der Waals surface area contributed by atoms with Crippen LogP contribution in [0.4, 0.5) is 8.78 Å². The summed E-state index contributed by atoms with van der Waals surface area (Å²) in [5.74, 6) is -1.62. The molecule has 0 aliphatic rings. The monoisotopic (exact) mass is 429 g/mol.